The van der Waals surface area contributed by atoms with Gasteiger partial charge in [-0.15, -0.1) is 0 Å². The van der Waals surface area contributed by atoms with Gasteiger partial charge in [-0.3, -0.25) is 4.90 Å². The average Bonchev–Trinajstić information content (AvgIpc) is 2.77. The summed E-state index contributed by atoms with van der Waals surface area (Å²) in [7, 11) is 0. The summed E-state index contributed by atoms with van der Waals surface area (Å²) in [4.78, 5) is 11.6. The third-order valence-electron chi connectivity index (χ3n) is 4.87. The van der Waals surface area contributed by atoms with E-state index in [-0.39, 0.29) is 5.82 Å². The van der Waals surface area contributed by atoms with Gasteiger partial charge in [-0.1, -0.05) is 47.5 Å². The fourth-order valence-corrected chi connectivity index (χ4v) is 3.51. The number of anilines is 1. The molecule has 3 aromatic rings. The molecular formula is C22H22Cl2N4O2. The predicted molar refractivity (Wildman–Crippen MR) is 120 cm³/mol. The Bertz CT molecular complexity index is 991. The Morgan fingerprint density at radius 2 is 1.40 bits per heavy atom. The maximum atomic E-state index is 6.20. The lowest BCUT2D eigenvalue weighted by molar-refractivity contribution is 0.0320. The van der Waals surface area contributed by atoms with E-state index in [9.17, 15) is 0 Å². The van der Waals surface area contributed by atoms with Gasteiger partial charge in [0.1, 0.15) is 12.3 Å². The molecule has 1 aliphatic rings. The van der Waals surface area contributed by atoms with E-state index in [2.05, 4.69) is 9.88 Å². The van der Waals surface area contributed by atoms with Gasteiger partial charge in [-0.25, -0.2) is 9.97 Å². The molecule has 0 bridgehead atoms. The zero-order chi connectivity index (χ0) is 20.9. The number of hydrogen-bond donors (Lipinski definition) is 1. The first-order valence-electron chi connectivity index (χ1n) is 9.72. The summed E-state index contributed by atoms with van der Waals surface area (Å²) in [5, 5.41) is 1.30. The maximum absolute atomic E-state index is 6.20. The third-order valence-corrected chi connectivity index (χ3v) is 5.38. The highest BCUT2D eigenvalue weighted by Gasteiger charge is 2.17. The number of nitrogens with zero attached hydrogens (tertiary/aromatic N) is 3. The van der Waals surface area contributed by atoms with Gasteiger partial charge in [0, 0.05) is 40.8 Å². The Morgan fingerprint density at radius 3 is 1.97 bits per heavy atom. The van der Waals surface area contributed by atoms with Crippen LogP contribution in [0.4, 0.5) is 5.82 Å². The lowest BCUT2D eigenvalue weighted by Crippen LogP contribution is -2.38. The van der Waals surface area contributed by atoms with Crippen molar-refractivity contribution < 1.29 is 9.47 Å². The summed E-state index contributed by atoms with van der Waals surface area (Å²) in [6.45, 7) is 4.54. The molecule has 1 fully saturated rings. The van der Waals surface area contributed by atoms with Crippen LogP contribution >= 0.6 is 23.2 Å². The molecule has 1 aromatic heterocycles. The molecule has 0 atom stereocenters. The Labute approximate surface area is 185 Å². The van der Waals surface area contributed by atoms with Crippen LogP contribution in [0.25, 0.3) is 22.5 Å². The average molecular weight is 445 g/mol. The standard InChI is InChI=1S/C22H22Cl2N4O2/c23-17-5-1-15(2-6-17)19-20(16-3-7-18(24)8-4-16)27-22(21(25)26-19)30-14-11-28-9-12-29-13-10-28/h1-8H,9-14H2,(H2,25,26). The quantitative estimate of drug-likeness (QED) is 0.606. The van der Waals surface area contributed by atoms with Gasteiger partial charge in [-0.2, -0.15) is 0 Å². The molecule has 4 rings (SSSR count). The molecule has 156 valence electrons. The Hall–Kier alpha value is -2.38. The lowest BCUT2D eigenvalue weighted by atomic mass is 10.0. The van der Waals surface area contributed by atoms with Crippen LogP contribution in [-0.2, 0) is 4.74 Å². The van der Waals surface area contributed by atoms with Crippen LogP contribution in [0.2, 0.25) is 10.0 Å². The molecule has 0 aliphatic carbocycles. The first-order chi connectivity index (χ1) is 14.6. The molecule has 6 nitrogen and oxygen atoms in total. The smallest absolute Gasteiger partial charge is 0.257 e. The molecule has 1 saturated heterocycles. The first-order valence-corrected chi connectivity index (χ1v) is 10.5. The van der Waals surface area contributed by atoms with E-state index in [1.165, 1.54) is 0 Å². The highest BCUT2D eigenvalue weighted by Crippen LogP contribution is 2.34. The number of rotatable bonds is 6. The van der Waals surface area contributed by atoms with Crippen LogP contribution in [-0.4, -0.2) is 54.3 Å². The highest BCUT2D eigenvalue weighted by molar-refractivity contribution is 6.31. The number of nitrogen functional groups attached to an aromatic ring is 1. The minimum atomic E-state index is 0.250. The van der Waals surface area contributed by atoms with Crippen LogP contribution in [0.15, 0.2) is 48.5 Å². The van der Waals surface area contributed by atoms with Gasteiger partial charge in [0.25, 0.3) is 5.88 Å². The van der Waals surface area contributed by atoms with Crippen molar-refractivity contribution in [2.24, 2.45) is 0 Å². The van der Waals surface area contributed by atoms with E-state index in [1.807, 2.05) is 48.5 Å². The fourth-order valence-electron chi connectivity index (χ4n) is 3.25. The van der Waals surface area contributed by atoms with E-state index in [0.717, 1.165) is 44.0 Å². The normalized spacial score (nSPS) is 14.6. The molecule has 8 heteroatoms. The van der Waals surface area contributed by atoms with Gasteiger partial charge < -0.3 is 15.2 Å². The molecule has 30 heavy (non-hydrogen) atoms. The first kappa shape index (κ1) is 20.9. The molecule has 0 spiro atoms. The van der Waals surface area contributed by atoms with Gasteiger partial charge in [0.2, 0.25) is 0 Å². The van der Waals surface area contributed by atoms with Gasteiger partial charge in [0.15, 0.2) is 5.82 Å². The second kappa shape index (κ2) is 9.62. The van der Waals surface area contributed by atoms with Crippen LogP contribution in [0, 0.1) is 0 Å². The van der Waals surface area contributed by atoms with Gasteiger partial charge in [-0.05, 0) is 24.3 Å². The zero-order valence-electron chi connectivity index (χ0n) is 16.4. The van der Waals surface area contributed by atoms with E-state index >= 15 is 0 Å². The summed E-state index contributed by atoms with van der Waals surface area (Å²) in [6, 6.07) is 14.9. The second-order valence-electron chi connectivity index (χ2n) is 6.93. The van der Waals surface area contributed by atoms with Crippen molar-refractivity contribution in [2.45, 2.75) is 0 Å². The van der Waals surface area contributed by atoms with Gasteiger partial charge >= 0.3 is 0 Å². The SMILES string of the molecule is Nc1nc(-c2ccc(Cl)cc2)c(-c2ccc(Cl)cc2)nc1OCCN1CCOCC1. The van der Waals surface area contributed by atoms with Crippen LogP contribution in [0.3, 0.4) is 0 Å². The minimum Gasteiger partial charge on any atom is -0.474 e. The summed E-state index contributed by atoms with van der Waals surface area (Å²) in [5.74, 6) is 0.575. The van der Waals surface area contributed by atoms with Crippen LogP contribution < -0.4 is 10.5 Å². The molecule has 1 aliphatic heterocycles. The molecular weight excluding hydrogens is 423 g/mol. The Kier molecular flexibility index (Phi) is 6.69. The van der Waals surface area contributed by atoms with Crippen molar-refractivity contribution >= 4 is 29.0 Å². The maximum Gasteiger partial charge on any atom is 0.257 e. The number of ether oxygens (including phenoxy) is 2. The lowest BCUT2D eigenvalue weighted by Gasteiger charge is -2.26. The monoisotopic (exact) mass is 444 g/mol. The highest BCUT2D eigenvalue weighted by atomic mass is 35.5. The third kappa shape index (κ3) is 5.02. The molecule has 0 amide bonds. The molecule has 0 radical (unpaired) electrons. The van der Waals surface area contributed by atoms with Crippen molar-refractivity contribution in [3.63, 3.8) is 0 Å². The largest absolute Gasteiger partial charge is 0.474 e. The number of benzene rings is 2. The van der Waals surface area contributed by atoms with Gasteiger partial charge in [0.05, 0.1) is 18.9 Å². The Balaban J connectivity index is 1.64. The van der Waals surface area contributed by atoms with Crippen molar-refractivity contribution in [3.8, 4) is 28.4 Å². The van der Waals surface area contributed by atoms with E-state index in [1.54, 1.807) is 0 Å². The van der Waals surface area contributed by atoms with Crippen molar-refractivity contribution in [1.82, 2.24) is 14.9 Å². The molecule has 2 N–H and O–H groups in total. The second-order valence-corrected chi connectivity index (χ2v) is 7.80. The molecule has 2 heterocycles. The van der Waals surface area contributed by atoms with Crippen molar-refractivity contribution in [1.29, 1.82) is 0 Å². The number of hydrogen-bond acceptors (Lipinski definition) is 6. The summed E-state index contributed by atoms with van der Waals surface area (Å²) < 4.78 is 11.3. The number of morpholine rings is 1. The van der Waals surface area contributed by atoms with Crippen molar-refractivity contribution in [3.05, 3.63) is 58.6 Å². The number of halogens is 2. The van der Waals surface area contributed by atoms with Crippen molar-refractivity contribution in [2.75, 3.05) is 45.2 Å². The van der Waals surface area contributed by atoms with E-state index in [0.29, 0.717) is 33.9 Å². The molecule has 0 unspecified atom stereocenters. The number of aromatic nitrogens is 2. The van der Waals surface area contributed by atoms with E-state index < -0.39 is 0 Å². The minimum absolute atomic E-state index is 0.250. The summed E-state index contributed by atoms with van der Waals surface area (Å²) in [6.07, 6.45) is 0. The van der Waals surface area contributed by atoms with Crippen LogP contribution in [0.5, 0.6) is 5.88 Å². The summed E-state index contributed by atoms with van der Waals surface area (Å²) >= 11 is 12.1. The number of nitrogens with two attached hydrogens (primary N) is 1. The van der Waals surface area contributed by atoms with E-state index in [4.69, 9.17) is 43.4 Å². The summed E-state index contributed by atoms with van der Waals surface area (Å²) in [5.41, 5.74) is 9.26. The predicted octanol–water partition coefficient (Wildman–Crippen LogP) is 4.41. The Morgan fingerprint density at radius 1 is 0.867 bits per heavy atom. The molecule has 0 saturated carbocycles. The zero-order valence-corrected chi connectivity index (χ0v) is 17.9. The topological polar surface area (TPSA) is 73.5 Å². The van der Waals surface area contributed by atoms with Crippen LogP contribution in [0.1, 0.15) is 0 Å². The molecule has 2 aromatic carbocycles. The fraction of sp³-hybridized carbons (Fsp3) is 0.273.